The lowest BCUT2D eigenvalue weighted by molar-refractivity contribution is -0.132. The predicted molar refractivity (Wildman–Crippen MR) is 98.6 cm³/mol. The van der Waals surface area contributed by atoms with Crippen molar-refractivity contribution in [2.45, 2.75) is 20.3 Å². The van der Waals surface area contributed by atoms with Gasteiger partial charge in [-0.2, -0.15) is 0 Å². The molecule has 2 aromatic carbocycles. The van der Waals surface area contributed by atoms with Crippen molar-refractivity contribution in [1.29, 1.82) is 0 Å². The van der Waals surface area contributed by atoms with Gasteiger partial charge in [0.05, 0.1) is 25.0 Å². The van der Waals surface area contributed by atoms with Crippen LogP contribution in [0.3, 0.4) is 0 Å². The van der Waals surface area contributed by atoms with Crippen LogP contribution >= 0.6 is 0 Å². The maximum atomic E-state index is 11.8. The summed E-state index contributed by atoms with van der Waals surface area (Å²) in [4.78, 5) is 27.2. The fourth-order valence-corrected chi connectivity index (χ4v) is 2.11. The summed E-state index contributed by atoms with van der Waals surface area (Å²) >= 11 is 0. The standard InChI is InChI=1S/C20H21NO5/c1-4-11-25-20(23)16-6-8-17(9-7-16)21-13-15-5-10-18(26-14(2)22)19(12-15)24-3/h5-10,12-13H,4,11H2,1-3H3. The molecule has 0 fully saturated rings. The number of benzene rings is 2. The largest absolute Gasteiger partial charge is 0.493 e. The summed E-state index contributed by atoms with van der Waals surface area (Å²) in [6, 6.07) is 12.0. The van der Waals surface area contributed by atoms with Crippen molar-refractivity contribution >= 4 is 23.8 Å². The van der Waals surface area contributed by atoms with Crippen LogP contribution in [-0.4, -0.2) is 31.9 Å². The van der Waals surface area contributed by atoms with E-state index in [2.05, 4.69) is 4.99 Å². The number of rotatable bonds is 7. The summed E-state index contributed by atoms with van der Waals surface area (Å²) in [5.74, 6) is 0.0423. The first kappa shape index (κ1) is 19.2. The van der Waals surface area contributed by atoms with Crippen molar-refractivity contribution in [1.82, 2.24) is 0 Å². The third kappa shape index (κ3) is 5.44. The first-order valence-corrected chi connectivity index (χ1v) is 8.21. The van der Waals surface area contributed by atoms with Crippen molar-refractivity contribution in [3.63, 3.8) is 0 Å². The summed E-state index contributed by atoms with van der Waals surface area (Å²) in [6.07, 6.45) is 2.44. The minimum atomic E-state index is -0.415. The SMILES string of the molecule is CCCOC(=O)c1ccc(N=Cc2ccc(OC(C)=O)c(OC)c2)cc1. The Morgan fingerprint density at radius 2 is 1.81 bits per heavy atom. The number of ether oxygens (including phenoxy) is 3. The van der Waals surface area contributed by atoms with Gasteiger partial charge in [-0.05, 0) is 54.4 Å². The normalized spacial score (nSPS) is 10.6. The first-order chi connectivity index (χ1) is 12.5. The number of hydrogen-bond donors (Lipinski definition) is 0. The highest BCUT2D eigenvalue weighted by atomic mass is 16.6. The minimum Gasteiger partial charge on any atom is -0.493 e. The summed E-state index contributed by atoms with van der Waals surface area (Å²) < 4.78 is 15.4. The van der Waals surface area contributed by atoms with Gasteiger partial charge in [-0.15, -0.1) is 0 Å². The average Bonchev–Trinajstić information content (AvgIpc) is 2.65. The minimum absolute atomic E-state index is 0.340. The van der Waals surface area contributed by atoms with Crippen molar-refractivity contribution in [3.05, 3.63) is 53.6 Å². The van der Waals surface area contributed by atoms with Gasteiger partial charge in [0.1, 0.15) is 0 Å². The second-order valence-corrected chi connectivity index (χ2v) is 5.44. The molecule has 0 atom stereocenters. The Bertz CT molecular complexity index is 796. The van der Waals surface area contributed by atoms with Crippen LogP contribution in [0.2, 0.25) is 0 Å². The fraction of sp³-hybridized carbons (Fsp3) is 0.250. The van der Waals surface area contributed by atoms with Gasteiger partial charge in [0, 0.05) is 13.1 Å². The molecule has 26 heavy (non-hydrogen) atoms. The van der Waals surface area contributed by atoms with Crippen LogP contribution in [0.25, 0.3) is 0 Å². The number of aliphatic imine (C=N–C) groups is 1. The van der Waals surface area contributed by atoms with E-state index in [0.717, 1.165) is 12.0 Å². The molecule has 0 radical (unpaired) electrons. The van der Waals surface area contributed by atoms with Gasteiger partial charge in [0.2, 0.25) is 0 Å². The number of hydrogen-bond acceptors (Lipinski definition) is 6. The van der Waals surface area contributed by atoms with Crippen LogP contribution in [0.5, 0.6) is 11.5 Å². The van der Waals surface area contributed by atoms with E-state index in [-0.39, 0.29) is 5.97 Å². The molecule has 0 unspecified atom stereocenters. The van der Waals surface area contributed by atoms with E-state index in [1.165, 1.54) is 14.0 Å². The van der Waals surface area contributed by atoms with Gasteiger partial charge >= 0.3 is 11.9 Å². The van der Waals surface area contributed by atoms with E-state index in [1.54, 1.807) is 48.7 Å². The number of carbonyl (C=O) groups excluding carboxylic acids is 2. The van der Waals surface area contributed by atoms with E-state index in [1.807, 2.05) is 6.92 Å². The Kier molecular flexibility index (Phi) is 6.91. The van der Waals surface area contributed by atoms with Crippen LogP contribution in [0.1, 0.15) is 36.2 Å². The summed E-state index contributed by atoms with van der Waals surface area (Å²) in [7, 11) is 1.50. The highest BCUT2D eigenvalue weighted by Gasteiger charge is 2.08. The smallest absolute Gasteiger partial charge is 0.338 e. The molecule has 0 bridgehead atoms. The van der Waals surface area contributed by atoms with Crippen LogP contribution in [0.15, 0.2) is 47.5 Å². The molecule has 2 rings (SSSR count). The van der Waals surface area contributed by atoms with Gasteiger partial charge in [-0.1, -0.05) is 6.92 Å². The molecule has 0 heterocycles. The van der Waals surface area contributed by atoms with E-state index in [0.29, 0.717) is 29.4 Å². The molecule has 0 N–H and O–H groups in total. The molecular weight excluding hydrogens is 334 g/mol. The Balaban J connectivity index is 2.09. The quantitative estimate of drug-likeness (QED) is 0.427. The number of nitrogens with zero attached hydrogens (tertiary/aromatic N) is 1. The van der Waals surface area contributed by atoms with E-state index >= 15 is 0 Å². The van der Waals surface area contributed by atoms with E-state index in [9.17, 15) is 9.59 Å². The number of esters is 2. The van der Waals surface area contributed by atoms with Gasteiger partial charge in [0.25, 0.3) is 0 Å². The first-order valence-electron chi connectivity index (χ1n) is 8.21. The second kappa shape index (κ2) is 9.36. The highest BCUT2D eigenvalue weighted by molar-refractivity contribution is 5.90. The Morgan fingerprint density at radius 1 is 1.08 bits per heavy atom. The summed E-state index contributed by atoms with van der Waals surface area (Å²) in [5.41, 5.74) is 1.97. The zero-order chi connectivity index (χ0) is 18.9. The van der Waals surface area contributed by atoms with Gasteiger partial charge in [-0.3, -0.25) is 9.79 Å². The maximum absolute atomic E-state index is 11.8. The Labute approximate surface area is 152 Å². The molecule has 0 aliphatic carbocycles. The lowest BCUT2D eigenvalue weighted by atomic mass is 10.2. The Morgan fingerprint density at radius 3 is 2.42 bits per heavy atom. The van der Waals surface area contributed by atoms with Gasteiger partial charge in [-0.25, -0.2) is 4.79 Å². The maximum Gasteiger partial charge on any atom is 0.338 e. The molecule has 136 valence electrons. The fourth-order valence-electron chi connectivity index (χ4n) is 2.11. The molecule has 0 amide bonds. The molecule has 2 aromatic rings. The van der Waals surface area contributed by atoms with Crippen molar-refractivity contribution < 1.29 is 23.8 Å². The van der Waals surface area contributed by atoms with E-state index in [4.69, 9.17) is 14.2 Å². The zero-order valence-corrected chi connectivity index (χ0v) is 15.0. The van der Waals surface area contributed by atoms with Crippen molar-refractivity contribution in [2.75, 3.05) is 13.7 Å². The topological polar surface area (TPSA) is 74.2 Å². The molecule has 0 aliphatic heterocycles. The Hall–Kier alpha value is -3.15. The van der Waals surface area contributed by atoms with Crippen LogP contribution < -0.4 is 9.47 Å². The molecule has 0 spiro atoms. The molecule has 0 saturated heterocycles. The lowest BCUT2D eigenvalue weighted by Crippen LogP contribution is -2.05. The molecule has 0 saturated carbocycles. The van der Waals surface area contributed by atoms with Crippen LogP contribution in [-0.2, 0) is 9.53 Å². The molecule has 6 heteroatoms. The summed E-state index contributed by atoms with van der Waals surface area (Å²) in [6.45, 7) is 3.68. The monoisotopic (exact) mass is 355 g/mol. The van der Waals surface area contributed by atoms with Crippen molar-refractivity contribution in [2.24, 2.45) is 4.99 Å². The molecular formula is C20H21NO5. The summed E-state index contributed by atoms with van der Waals surface area (Å²) in [5, 5.41) is 0. The highest BCUT2D eigenvalue weighted by Crippen LogP contribution is 2.28. The van der Waals surface area contributed by atoms with E-state index < -0.39 is 5.97 Å². The van der Waals surface area contributed by atoms with Crippen LogP contribution in [0.4, 0.5) is 5.69 Å². The number of carbonyl (C=O) groups is 2. The van der Waals surface area contributed by atoms with Gasteiger partial charge in [0.15, 0.2) is 11.5 Å². The zero-order valence-electron chi connectivity index (χ0n) is 15.0. The molecule has 0 aliphatic rings. The molecule has 0 aromatic heterocycles. The van der Waals surface area contributed by atoms with Gasteiger partial charge < -0.3 is 14.2 Å². The third-order valence-corrected chi connectivity index (χ3v) is 3.34. The lowest BCUT2D eigenvalue weighted by Gasteiger charge is -2.08. The van der Waals surface area contributed by atoms with Crippen molar-refractivity contribution in [3.8, 4) is 11.5 Å². The predicted octanol–water partition coefficient (Wildman–Crippen LogP) is 3.94. The number of methoxy groups -OCH3 is 1. The van der Waals surface area contributed by atoms with Crippen LogP contribution in [0, 0.1) is 0 Å². The molecule has 6 nitrogen and oxygen atoms in total. The second-order valence-electron chi connectivity index (χ2n) is 5.44. The third-order valence-electron chi connectivity index (χ3n) is 3.34. The average molecular weight is 355 g/mol.